The summed E-state index contributed by atoms with van der Waals surface area (Å²) in [6.45, 7) is 8.30. The lowest BCUT2D eigenvalue weighted by Gasteiger charge is -2.37. The molecule has 2 unspecified atom stereocenters. The maximum Gasteiger partial charge on any atom is 0.270 e. The summed E-state index contributed by atoms with van der Waals surface area (Å²) in [6.07, 6.45) is 5.38. The topological polar surface area (TPSA) is 25.2 Å². The van der Waals surface area contributed by atoms with Crippen LogP contribution in [0.1, 0.15) is 50.5 Å². The lowest BCUT2D eigenvalue weighted by Crippen LogP contribution is -2.45. The summed E-state index contributed by atoms with van der Waals surface area (Å²) >= 11 is 3.48. The Hall–Kier alpha value is -0.770. The molecule has 3 nitrogen and oxygen atoms in total. The number of hydrogen-bond acceptors (Lipinski definition) is 1. The molecule has 2 atom stereocenters. The molecule has 1 amide bonds. The summed E-state index contributed by atoms with van der Waals surface area (Å²) < 4.78 is 3.06. The molecule has 4 heteroatoms. The quantitative estimate of drug-likeness (QED) is 0.826. The summed E-state index contributed by atoms with van der Waals surface area (Å²) in [6, 6.07) is 2.30. The summed E-state index contributed by atoms with van der Waals surface area (Å²) in [5, 5.41) is 0. The minimum atomic E-state index is 0.179. The second-order valence-corrected chi connectivity index (χ2v) is 6.64. The zero-order valence-electron chi connectivity index (χ0n) is 12.0. The fourth-order valence-electron chi connectivity index (χ4n) is 2.80. The van der Waals surface area contributed by atoms with Crippen molar-refractivity contribution in [2.75, 3.05) is 6.54 Å². The van der Waals surface area contributed by atoms with E-state index in [2.05, 4.69) is 41.3 Å². The van der Waals surface area contributed by atoms with Crippen molar-refractivity contribution in [2.24, 2.45) is 5.92 Å². The number of piperidine rings is 1. The average Bonchev–Trinajstić information content (AvgIpc) is 2.73. The van der Waals surface area contributed by atoms with Gasteiger partial charge in [-0.05, 0) is 54.1 Å². The first-order valence-electron chi connectivity index (χ1n) is 7.19. The minimum Gasteiger partial charge on any atom is -0.342 e. The van der Waals surface area contributed by atoms with Gasteiger partial charge in [-0.1, -0.05) is 13.8 Å². The molecule has 19 heavy (non-hydrogen) atoms. The van der Waals surface area contributed by atoms with E-state index in [4.69, 9.17) is 0 Å². The zero-order valence-corrected chi connectivity index (χ0v) is 13.6. The smallest absolute Gasteiger partial charge is 0.270 e. The van der Waals surface area contributed by atoms with Crippen molar-refractivity contribution in [2.45, 2.75) is 52.6 Å². The van der Waals surface area contributed by atoms with Crippen LogP contribution >= 0.6 is 15.9 Å². The molecule has 0 bridgehead atoms. The summed E-state index contributed by atoms with van der Waals surface area (Å²) in [5.74, 6) is 0.788. The van der Waals surface area contributed by atoms with Gasteiger partial charge >= 0.3 is 0 Å². The Morgan fingerprint density at radius 2 is 2.16 bits per heavy atom. The second kappa shape index (κ2) is 6.12. The van der Waals surface area contributed by atoms with Gasteiger partial charge in [-0.25, -0.2) is 0 Å². The lowest BCUT2D eigenvalue weighted by atomic mass is 9.95. The van der Waals surface area contributed by atoms with E-state index in [1.807, 2.05) is 17.2 Å². The first kappa shape index (κ1) is 14.6. The molecule has 0 aromatic carbocycles. The molecule has 1 saturated heterocycles. The van der Waals surface area contributed by atoms with Crippen LogP contribution < -0.4 is 0 Å². The number of amides is 1. The van der Waals surface area contributed by atoms with Gasteiger partial charge in [0, 0.05) is 29.8 Å². The van der Waals surface area contributed by atoms with Crippen molar-refractivity contribution < 1.29 is 4.79 Å². The van der Waals surface area contributed by atoms with E-state index >= 15 is 0 Å². The first-order chi connectivity index (χ1) is 9.02. The van der Waals surface area contributed by atoms with Gasteiger partial charge in [-0.15, -0.1) is 0 Å². The Morgan fingerprint density at radius 1 is 1.42 bits per heavy atom. The average molecular weight is 327 g/mol. The van der Waals surface area contributed by atoms with E-state index in [1.54, 1.807) is 0 Å². The number of hydrogen-bond donors (Lipinski definition) is 0. The molecule has 0 radical (unpaired) electrons. The van der Waals surface area contributed by atoms with Gasteiger partial charge in [-0.3, -0.25) is 4.79 Å². The molecule has 2 rings (SSSR count). The van der Waals surface area contributed by atoms with Crippen LogP contribution in [0.2, 0.25) is 0 Å². The summed E-state index contributed by atoms with van der Waals surface area (Å²) in [7, 11) is 0. The number of nitrogens with zero attached hydrogens (tertiary/aromatic N) is 2. The largest absolute Gasteiger partial charge is 0.342 e. The molecule has 0 N–H and O–H groups in total. The van der Waals surface area contributed by atoms with Crippen molar-refractivity contribution >= 4 is 21.8 Å². The fourth-order valence-corrected chi connectivity index (χ4v) is 3.26. The second-order valence-electron chi connectivity index (χ2n) is 5.73. The van der Waals surface area contributed by atoms with Gasteiger partial charge < -0.3 is 9.47 Å². The highest BCUT2D eigenvalue weighted by Gasteiger charge is 2.29. The summed E-state index contributed by atoms with van der Waals surface area (Å²) in [5.41, 5.74) is 0.815. The highest BCUT2D eigenvalue weighted by Crippen LogP contribution is 2.25. The molecule has 1 aromatic heterocycles. The number of rotatable bonds is 3. The molecule has 1 aliphatic rings. The predicted octanol–water partition coefficient (Wildman–Crippen LogP) is 3.92. The Morgan fingerprint density at radius 3 is 2.84 bits per heavy atom. The van der Waals surface area contributed by atoms with Crippen molar-refractivity contribution in [1.82, 2.24) is 9.47 Å². The fraction of sp³-hybridized carbons (Fsp3) is 0.667. The van der Waals surface area contributed by atoms with E-state index < -0.39 is 0 Å². The van der Waals surface area contributed by atoms with Crippen LogP contribution in [0, 0.1) is 5.92 Å². The third-order valence-corrected chi connectivity index (χ3v) is 4.36. The van der Waals surface area contributed by atoms with E-state index in [0.717, 1.165) is 36.1 Å². The van der Waals surface area contributed by atoms with Crippen molar-refractivity contribution in [3.8, 4) is 0 Å². The van der Waals surface area contributed by atoms with Gasteiger partial charge in [0.05, 0.1) is 0 Å². The van der Waals surface area contributed by atoms with Crippen molar-refractivity contribution in [3.63, 3.8) is 0 Å². The molecule has 0 aliphatic carbocycles. The third kappa shape index (κ3) is 3.22. The van der Waals surface area contributed by atoms with Crippen LogP contribution in [0.25, 0.3) is 0 Å². The van der Waals surface area contributed by atoms with Crippen LogP contribution in [0.15, 0.2) is 16.7 Å². The normalized spacial score (nSPS) is 23.7. The van der Waals surface area contributed by atoms with Crippen LogP contribution in [-0.2, 0) is 6.54 Å². The van der Waals surface area contributed by atoms with Gasteiger partial charge in [-0.2, -0.15) is 0 Å². The Kier molecular flexibility index (Phi) is 4.71. The highest BCUT2D eigenvalue weighted by molar-refractivity contribution is 9.10. The molecular weight excluding hydrogens is 304 g/mol. The molecule has 1 fully saturated rings. The lowest BCUT2D eigenvalue weighted by molar-refractivity contribution is 0.0563. The molecule has 0 spiro atoms. The number of likely N-dealkylation sites (tertiary alicyclic amines) is 1. The molecular formula is C15H23BrN2O. The Labute approximate surface area is 124 Å². The van der Waals surface area contributed by atoms with Gasteiger partial charge in [0.2, 0.25) is 0 Å². The summed E-state index contributed by atoms with van der Waals surface area (Å²) in [4.78, 5) is 14.8. The number of carbonyl (C=O) groups excluding carboxylic acids is 1. The van der Waals surface area contributed by atoms with E-state index in [0.29, 0.717) is 12.0 Å². The monoisotopic (exact) mass is 326 g/mol. The maximum absolute atomic E-state index is 12.7. The number of carbonyl (C=O) groups is 1. The van der Waals surface area contributed by atoms with Gasteiger partial charge in [0.1, 0.15) is 5.69 Å². The molecule has 106 valence electrons. The van der Waals surface area contributed by atoms with Crippen molar-refractivity contribution in [3.05, 3.63) is 22.4 Å². The molecule has 2 heterocycles. The van der Waals surface area contributed by atoms with Crippen LogP contribution in [0.5, 0.6) is 0 Å². The maximum atomic E-state index is 12.7. The number of aryl methyl sites for hydroxylation is 1. The molecule has 0 saturated carbocycles. The highest BCUT2D eigenvalue weighted by atomic mass is 79.9. The number of aromatic nitrogens is 1. The minimum absolute atomic E-state index is 0.179. The van der Waals surface area contributed by atoms with E-state index in [-0.39, 0.29) is 5.91 Å². The Bertz CT molecular complexity index is 455. The predicted molar refractivity (Wildman–Crippen MR) is 81.3 cm³/mol. The standard InChI is InChI=1S/C15H23BrN2O/c1-4-7-17-10-13(16)8-14(17)15(19)18-9-11(2)5-6-12(18)3/h8,10-12H,4-7,9H2,1-3H3. The van der Waals surface area contributed by atoms with E-state index in [1.165, 1.54) is 6.42 Å². The molecule has 1 aromatic rings. The first-order valence-corrected chi connectivity index (χ1v) is 7.98. The third-order valence-electron chi connectivity index (χ3n) is 3.93. The Balaban J connectivity index is 2.22. The van der Waals surface area contributed by atoms with Gasteiger partial charge in [0.15, 0.2) is 0 Å². The van der Waals surface area contributed by atoms with E-state index in [9.17, 15) is 4.79 Å². The van der Waals surface area contributed by atoms with Crippen LogP contribution in [0.4, 0.5) is 0 Å². The SMILES string of the molecule is CCCn1cc(Br)cc1C(=O)N1CC(C)CCC1C. The number of halogens is 1. The molecule has 1 aliphatic heterocycles. The van der Waals surface area contributed by atoms with Crippen LogP contribution in [-0.4, -0.2) is 28.0 Å². The zero-order chi connectivity index (χ0) is 14.0. The van der Waals surface area contributed by atoms with Crippen LogP contribution in [0.3, 0.4) is 0 Å². The van der Waals surface area contributed by atoms with Gasteiger partial charge in [0.25, 0.3) is 5.91 Å². The van der Waals surface area contributed by atoms with Crippen molar-refractivity contribution in [1.29, 1.82) is 0 Å².